The summed E-state index contributed by atoms with van der Waals surface area (Å²) in [5.41, 5.74) is -0.758. The van der Waals surface area contributed by atoms with Crippen molar-refractivity contribution in [3.8, 4) is 0 Å². The van der Waals surface area contributed by atoms with Gasteiger partial charge in [0.25, 0.3) is 0 Å². The van der Waals surface area contributed by atoms with Crippen molar-refractivity contribution in [1.82, 2.24) is 15.0 Å². The van der Waals surface area contributed by atoms with Gasteiger partial charge in [0.2, 0.25) is 5.69 Å². The minimum absolute atomic E-state index is 0.356. The van der Waals surface area contributed by atoms with Crippen molar-refractivity contribution >= 4 is 21.8 Å². The summed E-state index contributed by atoms with van der Waals surface area (Å²) < 4.78 is 33.0. The number of hydrogen-bond donors (Lipinski definition) is 1. The minimum Gasteiger partial charge on any atom is -0.464 e. The van der Waals surface area contributed by atoms with Crippen LogP contribution in [0.5, 0.6) is 0 Å². The lowest BCUT2D eigenvalue weighted by molar-refractivity contribution is 0.0536. The molecule has 11 heteroatoms. The molecule has 0 aliphatic carbocycles. The summed E-state index contributed by atoms with van der Waals surface area (Å²) in [5, 5.41) is 16.9. The van der Waals surface area contributed by atoms with E-state index in [4.69, 9.17) is 0 Å². The molecule has 0 spiro atoms. The molecule has 1 fully saturated rings. The summed E-state index contributed by atoms with van der Waals surface area (Å²) in [6.45, 7) is 0. The van der Waals surface area contributed by atoms with Gasteiger partial charge < -0.3 is 14.6 Å². The first-order valence-electron chi connectivity index (χ1n) is 5.81. The number of aliphatic hydroxyl groups is 1. The van der Waals surface area contributed by atoms with E-state index >= 15 is 0 Å². The van der Waals surface area contributed by atoms with Gasteiger partial charge in [0.05, 0.1) is 37.9 Å². The summed E-state index contributed by atoms with van der Waals surface area (Å²) in [4.78, 5) is 23.4. The maximum Gasteiger partial charge on any atom is 0.361 e. The van der Waals surface area contributed by atoms with E-state index < -0.39 is 51.1 Å². The maximum atomic E-state index is 11.8. The number of carbonyl (C=O) groups is 2. The largest absolute Gasteiger partial charge is 0.464 e. The Hall–Kier alpha value is -2.01. The molecule has 2 heterocycles. The number of carbonyl (C=O) groups excluding carboxylic acids is 2. The zero-order chi connectivity index (χ0) is 15.8. The minimum atomic E-state index is -3.47. The molecule has 1 aromatic heterocycles. The SMILES string of the molecule is COC(=O)c1nnn([C@H]2CS(=O)(=O)C[C@@H]2O)c1C(=O)OC. The Labute approximate surface area is 119 Å². The molecule has 0 saturated carbocycles. The van der Waals surface area contributed by atoms with Crippen LogP contribution in [0.2, 0.25) is 0 Å². The molecular formula is C10H13N3O7S. The van der Waals surface area contributed by atoms with Gasteiger partial charge in [-0.3, -0.25) is 0 Å². The van der Waals surface area contributed by atoms with E-state index in [2.05, 4.69) is 19.8 Å². The summed E-state index contributed by atoms with van der Waals surface area (Å²) in [6.07, 6.45) is -1.26. The third-order valence-corrected chi connectivity index (χ3v) is 4.76. The molecule has 1 aromatic rings. The second kappa shape index (κ2) is 5.41. The number of aromatic nitrogens is 3. The summed E-state index contributed by atoms with van der Waals surface area (Å²) in [7, 11) is -1.29. The van der Waals surface area contributed by atoms with Gasteiger partial charge in [-0.2, -0.15) is 0 Å². The van der Waals surface area contributed by atoms with Crippen molar-refractivity contribution in [3.63, 3.8) is 0 Å². The summed E-state index contributed by atoms with van der Waals surface area (Å²) in [5.74, 6) is -2.72. The maximum absolute atomic E-state index is 11.8. The number of ether oxygens (including phenoxy) is 2. The van der Waals surface area contributed by atoms with E-state index in [1.807, 2.05) is 0 Å². The van der Waals surface area contributed by atoms with Gasteiger partial charge in [-0.15, -0.1) is 5.10 Å². The molecule has 1 N–H and O–H groups in total. The van der Waals surface area contributed by atoms with Crippen molar-refractivity contribution in [2.24, 2.45) is 0 Å². The summed E-state index contributed by atoms with van der Waals surface area (Å²) in [6, 6.07) is -1.02. The predicted molar refractivity (Wildman–Crippen MR) is 66.4 cm³/mol. The molecule has 1 aliphatic heterocycles. The molecule has 2 atom stereocenters. The Morgan fingerprint density at radius 2 is 1.86 bits per heavy atom. The molecule has 1 aliphatic rings. The first-order valence-corrected chi connectivity index (χ1v) is 7.63. The zero-order valence-electron chi connectivity index (χ0n) is 11.2. The average Bonchev–Trinajstić information content (AvgIpc) is 2.97. The van der Waals surface area contributed by atoms with Gasteiger partial charge in [-0.1, -0.05) is 5.21 Å². The smallest absolute Gasteiger partial charge is 0.361 e. The molecule has 21 heavy (non-hydrogen) atoms. The Morgan fingerprint density at radius 3 is 2.33 bits per heavy atom. The lowest BCUT2D eigenvalue weighted by atomic mass is 10.2. The first-order chi connectivity index (χ1) is 9.80. The topological polar surface area (TPSA) is 138 Å². The van der Waals surface area contributed by atoms with Gasteiger partial charge in [-0.05, 0) is 0 Å². The van der Waals surface area contributed by atoms with Crippen LogP contribution in [0.25, 0.3) is 0 Å². The second-order valence-corrected chi connectivity index (χ2v) is 6.58. The third kappa shape index (κ3) is 2.74. The van der Waals surface area contributed by atoms with Gasteiger partial charge in [0.15, 0.2) is 15.5 Å². The van der Waals surface area contributed by atoms with Crippen molar-refractivity contribution in [3.05, 3.63) is 11.4 Å². The first kappa shape index (κ1) is 15.4. The number of sulfone groups is 1. The number of esters is 2. The van der Waals surface area contributed by atoms with Gasteiger partial charge in [0, 0.05) is 0 Å². The molecule has 0 aromatic carbocycles. The fourth-order valence-corrected chi connectivity index (χ4v) is 3.85. The standard InChI is InChI=1S/C10H13N3O7S/c1-19-9(15)7-8(10(16)20-2)13(12-11-7)5-3-21(17,18)4-6(5)14/h5-6,14H,3-4H2,1-2H3/t5-,6-/m0/s1. The highest BCUT2D eigenvalue weighted by atomic mass is 32.2. The normalized spacial score (nSPS) is 23.8. The van der Waals surface area contributed by atoms with E-state index in [9.17, 15) is 23.1 Å². The number of hydrogen-bond acceptors (Lipinski definition) is 9. The van der Waals surface area contributed by atoms with Crippen LogP contribution >= 0.6 is 0 Å². The molecule has 0 radical (unpaired) electrons. The molecular weight excluding hydrogens is 306 g/mol. The van der Waals surface area contributed by atoms with E-state index in [0.717, 1.165) is 18.9 Å². The highest BCUT2D eigenvalue weighted by Gasteiger charge is 2.41. The Morgan fingerprint density at radius 1 is 1.24 bits per heavy atom. The quantitative estimate of drug-likeness (QED) is 0.638. The third-order valence-electron chi connectivity index (χ3n) is 3.06. The monoisotopic (exact) mass is 319 g/mol. The van der Waals surface area contributed by atoms with Crippen molar-refractivity contribution < 1.29 is 32.6 Å². The highest BCUT2D eigenvalue weighted by molar-refractivity contribution is 7.91. The van der Waals surface area contributed by atoms with E-state index in [1.165, 1.54) is 0 Å². The van der Waals surface area contributed by atoms with Crippen LogP contribution in [-0.4, -0.2) is 72.3 Å². The van der Waals surface area contributed by atoms with Crippen molar-refractivity contribution in [2.45, 2.75) is 12.1 Å². The highest BCUT2D eigenvalue weighted by Crippen LogP contribution is 2.26. The molecule has 116 valence electrons. The van der Waals surface area contributed by atoms with Crippen LogP contribution < -0.4 is 0 Å². The fraction of sp³-hybridized carbons (Fsp3) is 0.600. The number of rotatable bonds is 3. The average molecular weight is 319 g/mol. The Kier molecular flexibility index (Phi) is 3.96. The fourth-order valence-electron chi connectivity index (χ4n) is 2.09. The second-order valence-electron chi connectivity index (χ2n) is 4.43. The van der Waals surface area contributed by atoms with E-state index in [0.29, 0.717) is 0 Å². The zero-order valence-corrected chi connectivity index (χ0v) is 12.0. The predicted octanol–water partition coefficient (Wildman–Crippen LogP) is -1.82. The number of nitrogens with zero attached hydrogens (tertiary/aromatic N) is 3. The molecule has 0 bridgehead atoms. The molecule has 10 nitrogen and oxygen atoms in total. The van der Waals surface area contributed by atoms with E-state index in [1.54, 1.807) is 0 Å². The van der Waals surface area contributed by atoms with Crippen LogP contribution in [0.15, 0.2) is 0 Å². The lowest BCUT2D eigenvalue weighted by Crippen LogP contribution is -2.27. The molecule has 1 saturated heterocycles. The number of aliphatic hydroxyl groups excluding tert-OH is 1. The molecule has 0 amide bonds. The van der Waals surface area contributed by atoms with Gasteiger partial charge in [0.1, 0.15) is 0 Å². The van der Waals surface area contributed by atoms with E-state index in [-0.39, 0.29) is 5.69 Å². The van der Waals surface area contributed by atoms with Crippen LogP contribution in [0.3, 0.4) is 0 Å². The molecule has 0 unspecified atom stereocenters. The van der Waals surface area contributed by atoms with Crippen LogP contribution in [-0.2, 0) is 19.3 Å². The van der Waals surface area contributed by atoms with Crippen LogP contribution in [0.1, 0.15) is 27.0 Å². The van der Waals surface area contributed by atoms with Crippen LogP contribution in [0, 0.1) is 0 Å². The van der Waals surface area contributed by atoms with Crippen LogP contribution in [0.4, 0.5) is 0 Å². The van der Waals surface area contributed by atoms with Gasteiger partial charge >= 0.3 is 11.9 Å². The van der Waals surface area contributed by atoms with Crippen molar-refractivity contribution in [2.75, 3.05) is 25.7 Å². The van der Waals surface area contributed by atoms with Gasteiger partial charge in [-0.25, -0.2) is 22.7 Å². The van der Waals surface area contributed by atoms with Crippen molar-refractivity contribution in [1.29, 1.82) is 0 Å². The summed E-state index contributed by atoms with van der Waals surface area (Å²) >= 11 is 0. The number of methoxy groups -OCH3 is 2. The molecule has 2 rings (SSSR count). The Bertz CT molecular complexity index is 681. The lowest BCUT2D eigenvalue weighted by Gasteiger charge is -2.14. The Balaban J connectivity index is 2.52.